The largest absolute Gasteiger partial charge is 0.508 e. The van der Waals surface area contributed by atoms with Gasteiger partial charge in [0.05, 0.1) is 0 Å². The van der Waals surface area contributed by atoms with Crippen molar-refractivity contribution in [3.63, 3.8) is 0 Å². The van der Waals surface area contributed by atoms with Gasteiger partial charge in [0, 0.05) is 0 Å². The van der Waals surface area contributed by atoms with Crippen LogP contribution in [0, 0.1) is 11.3 Å². The lowest BCUT2D eigenvalue weighted by Crippen LogP contribution is -2.26. The molecule has 2 atom stereocenters. The Bertz CT molecular complexity index is 445. The summed E-state index contributed by atoms with van der Waals surface area (Å²) in [6, 6.07) is 6.25. The van der Waals surface area contributed by atoms with E-state index in [-0.39, 0.29) is 0 Å². The fourth-order valence-corrected chi connectivity index (χ4v) is 3.89. The highest BCUT2D eigenvalue weighted by atomic mass is 16.3. The molecule has 106 valence electrons. The second-order valence-electron chi connectivity index (χ2n) is 7.58. The Hall–Kier alpha value is -0.980. The third-order valence-electron chi connectivity index (χ3n) is 4.53. The van der Waals surface area contributed by atoms with Gasteiger partial charge in [-0.05, 0) is 59.6 Å². The van der Waals surface area contributed by atoms with Gasteiger partial charge in [0.15, 0.2) is 0 Å². The number of phenolic OH excluding ortho intramolecular Hbond substituents is 1. The van der Waals surface area contributed by atoms with Crippen LogP contribution in [-0.2, 0) is 0 Å². The first kappa shape index (κ1) is 14.4. The van der Waals surface area contributed by atoms with Crippen LogP contribution in [0.5, 0.6) is 5.75 Å². The van der Waals surface area contributed by atoms with Crippen molar-refractivity contribution in [1.82, 2.24) is 0 Å². The molecule has 2 rings (SSSR count). The topological polar surface area (TPSA) is 20.2 Å². The summed E-state index contributed by atoms with van der Waals surface area (Å²) in [7, 11) is 0. The minimum atomic E-state index is 0.383. The molecule has 0 radical (unpaired) electrons. The molecule has 2 unspecified atom stereocenters. The minimum absolute atomic E-state index is 0.383. The number of hydrogen-bond donors (Lipinski definition) is 1. The van der Waals surface area contributed by atoms with E-state index in [1.165, 1.54) is 24.8 Å². The molecule has 1 nitrogen and oxygen atoms in total. The molecule has 1 saturated carbocycles. The first-order valence-electron chi connectivity index (χ1n) is 7.61. The van der Waals surface area contributed by atoms with Crippen molar-refractivity contribution in [1.29, 1.82) is 0 Å². The Morgan fingerprint density at radius 1 is 1.21 bits per heavy atom. The number of phenols is 1. The lowest BCUT2D eigenvalue weighted by molar-refractivity contribution is 0.168. The van der Waals surface area contributed by atoms with Crippen LogP contribution >= 0.6 is 0 Å². The van der Waals surface area contributed by atoms with E-state index >= 15 is 0 Å². The summed E-state index contributed by atoms with van der Waals surface area (Å²) in [5.74, 6) is 2.28. The number of aromatic hydroxyl groups is 1. The highest BCUT2D eigenvalue weighted by molar-refractivity contribution is 5.39. The molecule has 1 aromatic rings. The van der Waals surface area contributed by atoms with Crippen LogP contribution < -0.4 is 0 Å². The van der Waals surface area contributed by atoms with Gasteiger partial charge in [-0.25, -0.2) is 0 Å². The van der Waals surface area contributed by atoms with Gasteiger partial charge in [-0.2, -0.15) is 0 Å². The fourth-order valence-electron chi connectivity index (χ4n) is 3.89. The van der Waals surface area contributed by atoms with Crippen LogP contribution in [0.25, 0.3) is 0 Å². The normalized spacial score (nSPS) is 26.6. The number of benzene rings is 1. The molecule has 0 heterocycles. The van der Waals surface area contributed by atoms with Crippen molar-refractivity contribution in [2.45, 2.75) is 65.7 Å². The van der Waals surface area contributed by atoms with Crippen molar-refractivity contribution in [2.75, 3.05) is 0 Å². The van der Waals surface area contributed by atoms with Gasteiger partial charge in [-0.1, -0.05) is 46.8 Å². The van der Waals surface area contributed by atoms with E-state index in [1.807, 2.05) is 6.07 Å². The standard InChI is InChI=1S/C18H28O/c1-12(2)16-9-14(6-7-17(16)19)15-8-13(3)10-18(4,5)11-15/h6-7,9,12-13,15,19H,8,10-11H2,1-5H3. The van der Waals surface area contributed by atoms with E-state index in [0.717, 1.165) is 11.5 Å². The van der Waals surface area contributed by atoms with Crippen LogP contribution in [-0.4, -0.2) is 5.11 Å². The first-order valence-corrected chi connectivity index (χ1v) is 7.61. The highest BCUT2D eigenvalue weighted by Crippen LogP contribution is 2.46. The summed E-state index contributed by atoms with van der Waals surface area (Å²) in [5.41, 5.74) is 2.95. The zero-order chi connectivity index (χ0) is 14.2. The van der Waals surface area contributed by atoms with Gasteiger partial charge >= 0.3 is 0 Å². The number of hydrogen-bond acceptors (Lipinski definition) is 1. The molecular formula is C18H28O. The Morgan fingerprint density at radius 2 is 1.89 bits per heavy atom. The van der Waals surface area contributed by atoms with E-state index < -0.39 is 0 Å². The Morgan fingerprint density at radius 3 is 2.47 bits per heavy atom. The van der Waals surface area contributed by atoms with E-state index in [9.17, 15) is 5.11 Å². The number of rotatable bonds is 2. The van der Waals surface area contributed by atoms with Crippen LogP contribution in [0.2, 0.25) is 0 Å². The molecule has 0 saturated heterocycles. The Labute approximate surface area is 118 Å². The van der Waals surface area contributed by atoms with Gasteiger partial charge in [0.1, 0.15) is 5.75 Å². The summed E-state index contributed by atoms with van der Waals surface area (Å²) >= 11 is 0. The molecular weight excluding hydrogens is 232 g/mol. The lowest BCUT2D eigenvalue weighted by Gasteiger charge is -2.39. The van der Waals surface area contributed by atoms with Gasteiger partial charge in [0.25, 0.3) is 0 Å². The smallest absolute Gasteiger partial charge is 0.119 e. The molecule has 0 aromatic heterocycles. The quantitative estimate of drug-likeness (QED) is 0.750. The van der Waals surface area contributed by atoms with Crippen molar-refractivity contribution in [3.05, 3.63) is 29.3 Å². The predicted molar refractivity (Wildman–Crippen MR) is 81.7 cm³/mol. The summed E-state index contributed by atoms with van der Waals surface area (Å²) in [6.45, 7) is 11.4. The molecule has 0 bridgehead atoms. The SMILES string of the molecule is CC1CC(c2ccc(O)c(C(C)C)c2)CC(C)(C)C1. The molecule has 1 fully saturated rings. The van der Waals surface area contributed by atoms with Gasteiger partial charge in [-0.15, -0.1) is 0 Å². The summed E-state index contributed by atoms with van der Waals surface area (Å²) in [5, 5.41) is 9.96. The van der Waals surface area contributed by atoms with Crippen LogP contribution in [0.15, 0.2) is 18.2 Å². The molecule has 1 aliphatic rings. The predicted octanol–water partition coefficient (Wildman–Crippen LogP) is 5.45. The van der Waals surface area contributed by atoms with Crippen molar-refractivity contribution >= 4 is 0 Å². The van der Waals surface area contributed by atoms with Gasteiger partial charge < -0.3 is 5.11 Å². The van der Waals surface area contributed by atoms with Gasteiger partial charge in [-0.3, -0.25) is 0 Å². The molecule has 0 spiro atoms. The third-order valence-corrected chi connectivity index (χ3v) is 4.53. The molecule has 0 amide bonds. The summed E-state index contributed by atoms with van der Waals surface area (Å²) in [4.78, 5) is 0. The Balaban J connectivity index is 2.29. The maximum atomic E-state index is 9.96. The average Bonchev–Trinajstić information content (AvgIpc) is 2.26. The third kappa shape index (κ3) is 3.32. The molecule has 19 heavy (non-hydrogen) atoms. The maximum Gasteiger partial charge on any atom is 0.119 e. The molecule has 1 aromatic carbocycles. The summed E-state index contributed by atoms with van der Waals surface area (Å²) in [6.07, 6.45) is 3.88. The Kier molecular flexibility index (Phi) is 3.94. The monoisotopic (exact) mass is 260 g/mol. The van der Waals surface area contributed by atoms with E-state index in [4.69, 9.17) is 0 Å². The zero-order valence-electron chi connectivity index (χ0n) is 13.0. The van der Waals surface area contributed by atoms with Crippen LogP contribution in [0.1, 0.15) is 76.8 Å². The molecule has 1 N–H and O–H groups in total. The van der Waals surface area contributed by atoms with Gasteiger partial charge in [0.2, 0.25) is 0 Å². The lowest BCUT2D eigenvalue weighted by atomic mass is 9.66. The highest BCUT2D eigenvalue weighted by Gasteiger charge is 2.32. The van der Waals surface area contributed by atoms with Crippen LogP contribution in [0.4, 0.5) is 0 Å². The first-order chi connectivity index (χ1) is 8.78. The van der Waals surface area contributed by atoms with Crippen LogP contribution in [0.3, 0.4) is 0 Å². The summed E-state index contributed by atoms with van der Waals surface area (Å²) < 4.78 is 0. The molecule has 0 aliphatic heterocycles. The van der Waals surface area contributed by atoms with Crippen molar-refractivity contribution < 1.29 is 5.11 Å². The molecule has 1 aliphatic carbocycles. The maximum absolute atomic E-state index is 9.96. The second kappa shape index (κ2) is 5.19. The van der Waals surface area contributed by atoms with E-state index in [0.29, 0.717) is 23.0 Å². The zero-order valence-corrected chi connectivity index (χ0v) is 13.0. The van der Waals surface area contributed by atoms with E-state index in [1.54, 1.807) is 0 Å². The second-order valence-corrected chi connectivity index (χ2v) is 7.58. The average molecular weight is 260 g/mol. The van der Waals surface area contributed by atoms with E-state index in [2.05, 4.69) is 46.8 Å². The van der Waals surface area contributed by atoms with Crippen molar-refractivity contribution in [3.8, 4) is 5.75 Å². The minimum Gasteiger partial charge on any atom is -0.508 e. The fraction of sp³-hybridized carbons (Fsp3) is 0.667. The van der Waals surface area contributed by atoms with Crippen molar-refractivity contribution in [2.24, 2.45) is 11.3 Å². The molecule has 1 heteroatoms.